The third-order valence-corrected chi connectivity index (χ3v) is 3.74. The fourth-order valence-corrected chi connectivity index (χ4v) is 2.67. The third kappa shape index (κ3) is 2.53. The molecule has 0 saturated carbocycles. The van der Waals surface area contributed by atoms with Crippen LogP contribution in [0.1, 0.15) is 15.9 Å². The molecule has 1 heterocycles. The third-order valence-electron chi connectivity index (χ3n) is 2.85. The lowest BCUT2D eigenvalue weighted by Crippen LogP contribution is -1.79. The average molecular weight is 268 g/mol. The van der Waals surface area contributed by atoms with Crippen LogP contribution in [-0.4, -0.2) is 16.3 Å². The number of aromatic amines is 1. The van der Waals surface area contributed by atoms with Crippen LogP contribution in [0.25, 0.3) is 11.0 Å². The summed E-state index contributed by atoms with van der Waals surface area (Å²) in [5, 5.41) is 0.861. The first-order valence-corrected chi connectivity index (χ1v) is 6.76. The fourth-order valence-electron chi connectivity index (χ4n) is 1.87. The van der Waals surface area contributed by atoms with E-state index in [1.807, 2.05) is 30.3 Å². The van der Waals surface area contributed by atoms with E-state index < -0.39 is 0 Å². The normalized spacial score (nSPS) is 10.8. The van der Waals surface area contributed by atoms with Gasteiger partial charge >= 0.3 is 0 Å². The highest BCUT2D eigenvalue weighted by molar-refractivity contribution is 7.99. The predicted octanol–water partition coefficient (Wildman–Crippen LogP) is 3.84. The van der Waals surface area contributed by atoms with Crippen LogP contribution in [0.4, 0.5) is 0 Å². The van der Waals surface area contributed by atoms with Crippen LogP contribution in [0.3, 0.4) is 0 Å². The number of hydrogen-bond donors (Lipinski definition) is 1. The van der Waals surface area contributed by atoms with Crippen molar-refractivity contribution in [3.63, 3.8) is 0 Å². The van der Waals surface area contributed by atoms with Crippen LogP contribution in [0.5, 0.6) is 0 Å². The topological polar surface area (TPSA) is 45.8 Å². The summed E-state index contributed by atoms with van der Waals surface area (Å²) < 4.78 is 0. The van der Waals surface area contributed by atoms with Gasteiger partial charge in [-0.1, -0.05) is 30.0 Å². The molecule has 0 unspecified atom stereocenters. The van der Waals surface area contributed by atoms with Gasteiger partial charge < -0.3 is 4.98 Å². The number of imidazole rings is 1. The molecule has 0 radical (unpaired) electrons. The van der Waals surface area contributed by atoms with E-state index in [9.17, 15) is 4.79 Å². The predicted molar refractivity (Wildman–Crippen MR) is 76.8 cm³/mol. The Hall–Kier alpha value is -2.07. The van der Waals surface area contributed by atoms with E-state index in [1.54, 1.807) is 11.8 Å². The summed E-state index contributed by atoms with van der Waals surface area (Å²) in [6.45, 7) is 2.06. The van der Waals surface area contributed by atoms with E-state index >= 15 is 0 Å². The lowest BCUT2D eigenvalue weighted by Gasteiger charge is -1.97. The van der Waals surface area contributed by atoms with E-state index in [0.717, 1.165) is 27.4 Å². The summed E-state index contributed by atoms with van der Waals surface area (Å²) in [6, 6.07) is 13.6. The van der Waals surface area contributed by atoms with Gasteiger partial charge in [0.15, 0.2) is 5.16 Å². The van der Waals surface area contributed by atoms with E-state index in [1.165, 1.54) is 5.56 Å². The second kappa shape index (κ2) is 4.90. The van der Waals surface area contributed by atoms with Crippen molar-refractivity contribution >= 4 is 29.1 Å². The van der Waals surface area contributed by atoms with Crippen molar-refractivity contribution in [1.82, 2.24) is 9.97 Å². The molecule has 0 spiro atoms. The highest BCUT2D eigenvalue weighted by Gasteiger charge is 2.04. The summed E-state index contributed by atoms with van der Waals surface area (Å²) in [5.74, 6) is 0. The monoisotopic (exact) mass is 268 g/mol. The zero-order valence-corrected chi connectivity index (χ0v) is 11.2. The molecule has 0 atom stereocenters. The largest absolute Gasteiger partial charge is 0.333 e. The minimum Gasteiger partial charge on any atom is -0.333 e. The van der Waals surface area contributed by atoms with Crippen LogP contribution >= 0.6 is 11.8 Å². The van der Waals surface area contributed by atoms with Crippen molar-refractivity contribution < 1.29 is 4.79 Å². The quantitative estimate of drug-likeness (QED) is 0.734. The van der Waals surface area contributed by atoms with Gasteiger partial charge in [0.2, 0.25) is 0 Å². The van der Waals surface area contributed by atoms with Crippen LogP contribution in [0.15, 0.2) is 52.5 Å². The standard InChI is InChI=1S/C15H12N2OS/c1-10-2-7-13-14(8-10)17-15(16-13)19-12-5-3-11(9-18)4-6-12/h2-9H,1H3,(H,16,17). The van der Waals surface area contributed by atoms with Crippen LogP contribution < -0.4 is 0 Å². The summed E-state index contributed by atoms with van der Waals surface area (Å²) in [6.07, 6.45) is 0.846. The van der Waals surface area contributed by atoms with Crippen LogP contribution in [-0.2, 0) is 0 Å². The van der Waals surface area contributed by atoms with Crippen molar-refractivity contribution in [2.75, 3.05) is 0 Å². The molecule has 1 N–H and O–H groups in total. The first-order chi connectivity index (χ1) is 9.24. The van der Waals surface area contributed by atoms with E-state index in [2.05, 4.69) is 29.0 Å². The highest BCUT2D eigenvalue weighted by atomic mass is 32.2. The van der Waals surface area contributed by atoms with Gasteiger partial charge in [0, 0.05) is 10.5 Å². The molecular weight excluding hydrogens is 256 g/mol. The number of carbonyl (C=O) groups is 1. The van der Waals surface area contributed by atoms with Crippen LogP contribution in [0.2, 0.25) is 0 Å². The van der Waals surface area contributed by atoms with Gasteiger partial charge in [-0.15, -0.1) is 0 Å². The van der Waals surface area contributed by atoms with Gasteiger partial charge in [-0.2, -0.15) is 0 Å². The maximum absolute atomic E-state index is 10.6. The number of H-pyrrole nitrogens is 1. The maximum Gasteiger partial charge on any atom is 0.171 e. The SMILES string of the molecule is Cc1ccc2nc(Sc3ccc(C=O)cc3)[nH]c2c1. The summed E-state index contributed by atoms with van der Waals surface area (Å²) in [5.41, 5.74) is 3.91. The second-order valence-corrected chi connectivity index (χ2v) is 5.41. The van der Waals surface area contributed by atoms with Gasteiger partial charge in [0.1, 0.15) is 6.29 Å². The number of aldehydes is 1. The van der Waals surface area contributed by atoms with Gasteiger partial charge in [-0.3, -0.25) is 4.79 Å². The molecule has 0 saturated heterocycles. The Morgan fingerprint density at radius 3 is 2.68 bits per heavy atom. The van der Waals surface area contributed by atoms with Gasteiger partial charge in [-0.25, -0.2) is 4.98 Å². The molecule has 19 heavy (non-hydrogen) atoms. The molecule has 0 aliphatic carbocycles. The summed E-state index contributed by atoms with van der Waals surface area (Å²) in [7, 11) is 0. The van der Waals surface area contributed by atoms with Crippen molar-refractivity contribution in [2.24, 2.45) is 0 Å². The zero-order chi connectivity index (χ0) is 13.2. The lowest BCUT2D eigenvalue weighted by molar-refractivity contribution is 0.112. The number of hydrogen-bond acceptors (Lipinski definition) is 3. The second-order valence-electron chi connectivity index (χ2n) is 4.35. The molecule has 94 valence electrons. The molecule has 2 aromatic carbocycles. The van der Waals surface area contributed by atoms with Crippen molar-refractivity contribution in [3.8, 4) is 0 Å². The molecule has 0 bridgehead atoms. The summed E-state index contributed by atoms with van der Waals surface area (Å²) in [4.78, 5) is 19.5. The minimum atomic E-state index is 0.685. The molecule has 0 aliphatic heterocycles. The van der Waals surface area contributed by atoms with Gasteiger partial charge in [-0.05, 0) is 36.8 Å². The van der Waals surface area contributed by atoms with Crippen LogP contribution in [0, 0.1) is 6.92 Å². The van der Waals surface area contributed by atoms with Gasteiger partial charge in [0.05, 0.1) is 11.0 Å². The number of aryl methyl sites for hydroxylation is 1. The van der Waals surface area contributed by atoms with E-state index in [0.29, 0.717) is 5.56 Å². The summed E-state index contributed by atoms with van der Waals surface area (Å²) >= 11 is 1.56. The molecule has 0 amide bonds. The lowest BCUT2D eigenvalue weighted by atomic mass is 10.2. The first-order valence-electron chi connectivity index (χ1n) is 5.94. The Labute approximate surface area is 115 Å². The fraction of sp³-hybridized carbons (Fsp3) is 0.0667. The van der Waals surface area contributed by atoms with Crippen molar-refractivity contribution in [1.29, 1.82) is 0 Å². The Balaban J connectivity index is 1.89. The smallest absolute Gasteiger partial charge is 0.171 e. The number of benzene rings is 2. The molecule has 0 aliphatic rings. The molecule has 3 aromatic rings. The first kappa shape index (κ1) is 12.0. The Kier molecular flexibility index (Phi) is 3.09. The number of fused-ring (bicyclic) bond motifs is 1. The van der Waals surface area contributed by atoms with E-state index in [-0.39, 0.29) is 0 Å². The van der Waals surface area contributed by atoms with E-state index in [4.69, 9.17) is 0 Å². The average Bonchev–Trinajstić information content (AvgIpc) is 2.81. The molecule has 3 rings (SSSR count). The molecular formula is C15H12N2OS. The Bertz CT molecular complexity index is 731. The van der Waals surface area contributed by atoms with Crippen molar-refractivity contribution in [2.45, 2.75) is 17.0 Å². The minimum absolute atomic E-state index is 0.685. The zero-order valence-electron chi connectivity index (χ0n) is 10.4. The molecule has 0 fully saturated rings. The Morgan fingerprint density at radius 2 is 1.95 bits per heavy atom. The molecule has 3 nitrogen and oxygen atoms in total. The Morgan fingerprint density at radius 1 is 1.16 bits per heavy atom. The number of nitrogens with one attached hydrogen (secondary N) is 1. The van der Waals surface area contributed by atoms with Gasteiger partial charge in [0.25, 0.3) is 0 Å². The number of nitrogens with zero attached hydrogens (tertiary/aromatic N) is 1. The number of aromatic nitrogens is 2. The number of rotatable bonds is 3. The highest BCUT2D eigenvalue weighted by Crippen LogP contribution is 2.27. The number of carbonyl (C=O) groups excluding carboxylic acids is 1. The molecule has 4 heteroatoms. The maximum atomic E-state index is 10.6. The molecule has 1 aromatic heterocycles. The van der Waals surface area contributed by atoms with Crippen molar-refractivity contribution in [3.05, 3.63) is 53.6 Å².